The van der Waals surface area contributed by atoms with E-state index in [1.165, 1.54) is 31.7 Å². The lowest BCUT2D eigenvalue weighted by molar-refractivity contribution is -0.385. The van der Waals surface area contributed by atoms with Crippen LogP contribution in [-0.2, 0) is 14.8 Å². The van der Waals surface area contributed by atoms with Crippen LogP contribution in [0.3, 0.4) is 0 Å². The summed E-state index contributed by atoms with van der Waals surface area (Å²) in [6, 6.07) is 4.58. The van der Waals surface area contributed by atoms with Gasteiger partial charge in [0.15, 0.2) is 0 Å². The number of nitro groups is 1. The Morgan fingerprint density at radius 1 is 1.37 bits per heavy atom. The van der Waals surface area contributed by atoms with Crippen LogP contribution in [0, 0.1) is 16.0 Å². The highest BCUT2D eigenvalue weighted by atomic mass is 32.2. The fourth-order valence-corrected chi connectivity index (χ4v) is 4.55. The summed E-state index contributed by atoms with van der Waals surface area (Å²) >= 11 is 0. The van der Waals surface area contributed by atoms with Gasteiger partial charge in [-0.2, -0.15) is 4.31 Å². The Kier molecular flexibility index (Phi) is 7.28. The molecule has 1 atom stereocenters. The van der Waals surface area contributed by atoms with Crippen LogP contribution in [-0.4, -0.2) is 49.7 Å². The number of non-ortho nitro benzene ring substituents is 1. The van der Waals surface area contributed by atoms with Gasteiger partial charge in [-0.15, -0.1) is 0 Å². The van der Waals surface area contributed by atoms with Gasteiger partial charge in [-0.1, -0.05) is 25.3 Å². The first-order valence-corrected chi connectivity index (χ1v) is 10.4. The van der Waals surface area contributed by atoms with Gasteiger partial charge in [0.05, 0.1) is 16.4 Å². The highest BCUT2D eigenvalue weighted by molar-refractivity contribution is 7.89. The monoisotopic (exact) mass is 398 g/mol. The number of nitrogens with two attached hydrogens (primary N) is 1. The normalized spacial score (nSPS) is 16.9. The maximum atomic E-state index is 12.6. The lowest BCUT2D eigenvalue weighted by atomic mass is 9.84. The van der Waals surface area contributed by atoms with Crippen LogP contribution in [0.2, 0.25) is 0 Å². The maximum absolute atomic E-state index is 12.6. The van der Waals surface area contributed by atoms with E-state index in [1.54, 1.807) is 0 Å². The molecule has 1 aromatic rings. The number of amides is 1. The molecule has 0 spiro atoms. The molecule has 9 nitrogen and oxygen atoms in total. The third-order valence-electron chi connectivity index (χ3n) is 4.92. The van der Waals surface area contributed by atoms with Crippen molar-refractivity contribution in [2.75, 3.05) is 20.1 Å². The van der Waals surface area contributed by atoms with Crippen LogP contribution >= 0.6 is 0 Å². The van der Waals surface area contributed by atoms with Crippen molar-refractivity contribution in [1.29, 1.82) is 0 Å². The quantitative estimate of drug-likeness (QED) is 0.499. The second-order valence-electron chi connectivity index (χ2n) is 6.82. The van der Waals surface area contributed by atoms with E-state index in [-0.39, 0.29) is 23.2 Å². The first-order chi connectivity index (χ1) is 12.8. The Bertz CT molecular complexity index is 777. The molecule has 0 bridgehead atoms. The highest BCUT2D eigenvalue weighted by Gasteiger charge is 2.28. The van der Waals surface area contributed by atoms with Crippen molar-refractivity contribution in [3.63, 3.8) is 0 Å². The zero-order chi connectivity index (χ0) is 20.0. The number of carbonyl (C=O) groups is 1. The van der Waals surface area contributed by atoms with E-state index in [0.29, 0.717) is 12.5 Å². The van der Waals surface area contributed by atoms with Crippen LogP contribution in [0.4, 0.5) is 5.69 Å². The molecule has 0 aromatic heterocycles. The topological polar surface area (TPSA) is 136 Å². The number of benzene rings is 1. The fourth-order valence-electron chi connectivity index (χ4n) is 3.38. The summed E-state index contributed by atoms with van der Waals surface area (Å²) in [6.07, 6.45) is 5.41. The van der Waals surface area contributed by atoms with Crippen molar-refractivity contribution in [3.8, 4) is 0 Å². The van der Waals surface area contributed by atoms with E-state index >= 15 is 0 Å². The van der Waals surface area contributed by atoms with Crippen LogP contribution < -0.4 is 11.1 Å². The molecule has 10 heteroatoms. The van der Waals surface area contributed by atoms with Crippen molar-refractivity contribution < 1.29 is 18.1 Å². The smallest absolute Gasteiger partial charge is 0.270 e. The first kappa shape index (κ1) is 21.3. The third-order valence-corrected chi connectivity index (χ3v) is 6.72. The van der Waals surface area contributed by atoms with Crippen molar-refractivity contribution in [2.45, 2.75) is 43.0 Å². The molecule has 0 heterocycles. The Morgan fingerprint density at radius 3 is 2.63 bits per heavy atom. The maximum Gasteiger partial charge on any atom is 0.270 e. The van der Waals surface area contributed by atoms with Crippen LogP contribution in [0.5, 0.6) is 0 Å². The zero-order valence-corrected chi connectivity index (χ0v) is 16.2. The summed E-state index contributed by atoms with van der Waals surface area (Å²) in [6.45, 7) is -0.0774. The average molecular weight is 398 g/mol. The number of nitrogens with zero attached hydrogens (tertiary/aromatic N) is 2. The SMILES string of the molecule is CN(CC(=O)NC(CN)C1CCCCC1)S(=O)(=O)c1cccc([N+](=O)[O-])c1. The van der Waals surface area contributed by atoms with E-state index in [1.807, 2.05) is 0 Å². The number of rotatable bonds is 8. The second-order valence-corrected chi connectivity index (χ2v) is 8.87. The number of likely N-dealkylation sites (N-methyl/N-ethyl adjacent to an activating group) is 1. The van der Waals surface area contributed by atoms with Gasteiger partial charge in [-0.05, 0) is 24.8 Å². The molecular formula is C17H26N4O5S. The average Bonchev–Trinajstić information content (AvgIpc) is 2.66. The number of nitrogens with one attached hydrogen (secondary N) is 1. The number of hydrogen-bond acceptors (Lipinski definition) is 6. The van der Waals surface area contributed by atoms with Crippen LogP contribution in [0.25, 0.3) is 0 Å². The number of nitro benzene ring substituents is 1. The molecule has 1 aliphatic rings. The lowest BCUT2D eigenvalue weighted by Crippen LogP contribution is -2.49. The highest BCUT2D eigenvalue weighted by Crippen LogP contribution is 2.26. The largest absolute Gasteiger partial charge is 0.351 e. The minimum Gasteiger partial charge on any atom is -0.351 e. The van der Waals surface area contributed by atoms with E-state index in [4.69, 9.17) is 5.73 Å². The summed E-state index contributed by atoms with van der Waals surface area (Å²) in [7, 11) is -2.75. The van der Waals surface area contributed by atoms with Gasteiger partial charge in [-0.25, -0.2) is 8.42 Å². The van der Waals surface area contributed by atoms with E-state index in [0.717, 1.165) is 36.1 Å². The molecule has 1 fully saturated rings. The van der Waals surface area contributed by atoms with Crippen LogP contribution in [0.15, 0.2) is 29.2 Å². The van der Waals surface area contributed by atoms with Gasteiger partial charge in [0.1, 0.15) is 0 Å². The predicted molar refractivity (Wildman–Crippen MR) is 100 cm³/mol. The predicted octanol–water partition coefficient (Wildman–Crippen LogP) is 1.24. The standard InChI is InChI=1S/C17H26N4O5S/c1-20(27(25,26)15-9-5-8-14(10-15)21(23)24)12-17(22)19-16(11-18)13-6-3-2-4-7-13/h5,8-10,13,16H,2-4,6-7,11-12,18H2,1H3,(H,19,22). The van der Waals surface area contributed by atoms with E-state index < -0.39 is 20.9 Å². The minimum absolute atomic E-state index is 0.174. The minimum atomic E-state index is -4.02. The van der Waals surface area contributed by atoms with Crippen molar-refractivity contribution in [1.82, 2.24) is 9.62 Å². The second kappa shape index (κ2) is 9.25. The van der Waals surface area contributed by atoms with Gasteiger partial charge in [0, 0.05) is 31.8 Å². The molecule has 1 unspecified atom stereocenters. The first-order valence-electron chi connectivity index (χ1n) is 8.96. The van der Waals surface area contributed by atoms with Gasteiger partial charge >= 0.3 is 0 Å². The number of hydrogen-bond donors (Lipinski definition) is 2. The van der Waals surface area contributed by atoms with Crippen molar-refractivity contribution >= 4 is 21.6 Å². The molecule has 0 saturated heterocycles. The van der Waals surface area contributed by atoms with Gasteiger partial charge in [0.2, 0.25) is 15.9 Å². The van der Waals surface area contributed by atoms with Gasteiger partial charge < -0.3 is 11.1 Å². The Labute approximate surface area is 159 Å². The molecule has 2 rings (SSSR count). The van der Waals surface area contributed by atoms with Crippen molar-refractivity contribution in [3.05, 3.63) is 34.4 Å². The summed E-state index contributed by atoms with van der Waals surface area (Å²) in [5, 5.41) is 13.7. The molecule has 0 radical (unpaired) electrons. The Balaban J connectivity index is 2.03. The Hall–Kier alpha value is -2.04. The van der Waals surface area contributed by atoms with Crippen LogP contribution in [0.1, 0.15) is 32.1 Å². The number of sulfonamides is 1. The molecule has 1 saturated carbocycles. The van der Waals surface area contributed by atoms with Crippen molar-refractivity contribution in [2.24, 2.45) is 11.7 Å². The van der Waals surface area contributed by atoms with E-state index in [9.17, 15) is 23.3 Å². The van der Waals surface area contributed by atoms with E-state index in [2.05, 4.69) is 5.32 Å². The summed E-state index contributed by atoms with van der Waals surface area (Å²) < 4.78 is 26.1. The third kappa shape index (κ3) is 5.47. The molecule has 0 aliphatic heterocycles. The zero-order valence-electron chi connectivity index (χ0n) is 15.3. The molecule has 1 aromatic carbocycles. The molecule has 1 aliphatic carbocycles. The molecule has 1 amide bonds. The summed E-state index contributed by atoms with van der Waals surface area (Å²) in [5.41, 5.74) is 5.47. The Morgan fingerprint density at radius 2 is 2.04 bits per heavy atom. The molecular weight excluding hydrogens is 372 g/mol. The molecule has 27 heavy (non-hydrogen) atoms. The molecule has 150 valence electrons. The van der Waals surface area contributed by atoms with Gasteiger partial charge in [-0.3, -0.25) is 14.9 Å². The molecule has 3 N–H and O–H groups in total. The fraction of sp³-hybridized carbons (Fsp3) is 0.588. The summed E-state index contributed by atoms with van der Waals surface area (Å²) in [5.74, 6) is -0.126. The summed E-state index contributed by atoms with van der Waals surface area (Å²) in [4.78, 5) is 22.3. The van der Waals surface area contributed by atoms with Gasteiger partial charge in [0.25, 0.3) is 5.69 Å². The number of carbonyl (C=O) groups excluding carboxylic acids is 1. The lowest BCUT2D eigenvalue weighted by Gasteiger charge is -2.30.